The SMILES string of the molecule is O=C1CCn2c(Cl)cnc2C1. The van der Waals surface area contributed by atoms with Gasteiger partial charge >= 0.3 is 0 Å². The molecule has 0 radical (unpaired) electrons. The molecule has 0 amide bonds. The number of hydrogen-bond donors (Lipinski definition) is 0. The summed E-state index contributed by atoms with van der Waals surface area (Å²) in [5, 5.41) is 0.632. The Morgan fingerprint density at radius 2 is 2.45 bits per heavy atom. The minimum atomic E-state index is 0.250. The summed E-state index contributed by atoms with van der Waals surface area (Å²) in [6.07, 6.45) is 2.62. The van der Waals surface area contributed by atoms with Gasteiger partial charge in [0, 0.05) is 13.0 Å². The summed E-state index contributed by atoms with van der Waals surface area (Å²) < 4.78 is 1.88. The van der Waals surface area contributed by atoms with Crippen LogP contribution >= 0.6 is 11.6 Å². The van der Waals surface area contributed by atoms with Gasteiger partial charge in [-0.05, 0) is 0 Å². The number of aromatic nitrogens is 2. The van der Waals surface area contributed by atoms with Crippen LogP contribution in [-0.4, -0.2) is 15.3 Å². The lowest BCUT2D eigenvalue weighted by atomic mass is 10.1. The van der Waals surface area contributed by atoms with Gasteiger partial charge in [0.2, 0.25) is 0 Å². The Labute approximate surface area is 69.0 Å². The Balaban J connectivity index is 2.44. The van der Waals surface area contributed by atoms with Crippen LogP contribution in [-0.2, 0) is 17.8 Å². The summed E-state index contributed by atoms with van der Waals surface area (Å²) in [7, 11) is 0. The van der Waals surface area contributed by atoms with Crippen LogP contribution in [0.2, 0.25) is 5.15 Å². The van der Waals surface area contributed by atoms with Crippen LogP contribution in [0.3, 0.4) is 0 Å². The van der Waals surface area contributed by atoms with Crippen molar-refractivity contribution in [2.45, 2.75) is 19.4 Å². The lowest BCUT2D eigenvalue weighted by Crippen LogP contribution is -2.18. The number of Topliss-reactive ketones (excluding diaryl/α,β-unsaturated/α-hetero) is 1. The monoisotopic (exact) mass is 170 g/mol. The van der Waals surface area contributed by atoms with Gasteiger partial charge in [0.05, 0.1) is 12.6 Å². The van der Waals surface area contributed by atoms with E-state index in [1.54, 1.807) is 6.20 Å². The second-order valence-electron chi connectivity index (χ2n) is 2.61. The van der Waals surface area contributed by atoms with Crippen LogP contribution in [0.15, 0.2) is 6.20 Å². The Morgan fingerprint density at radius 1 is 1.64 bits per heavy atom. The van der Waals surface area contributed by atoms with Crippen molar-refractivity contribution in [3.8, 4) is 0 Å². The first-order valence-corrected chi connectivity index (χ1v) is 3.87. The van der Waals surface area contributed by atoms with Gasteiger partial charge in [-0.3, -0.25) is 4.79 Å². The third-order valence-electron chi connectivity index (χ3n) is 1.86. The van der Waals surface area contributed by atoms with E-state index < -0.39 is 0 Å². The quantitative estimate of drug-likeness (QED) is 0.584. The van der Waals surface area contributed by atoms with Gasteiger partial charge in [0.15, 0.2) is 0 Å². The molecule has 0 atom stereocenters. The number of fused-ring (bicyclic) bond motifs is 1. The van der Waals surface area contributed by atoms with E-state index >= 15 is 0 Å². The van der Waals surface area contributed by atoms with Gasteiger partial charge in [-0.1, -0.05) is 11.6 Å². The van der Waals surface area contributed by atoms with Crippen molar-refractivity contribution in [1.82, 2.24) is 9.55 Å². The molecule has 0 bridgehead atoms. The van der Waals surface area contributed by atoms with E-state index in [1.165, 1.54) is 0 Å². The van der Waals surface area contributed by atoms with Gasteiger partial charge in [0.25, 0.3) is 0 Å². The van der Waals surface area contributed by atoms with E-state index in [-0.39, 0.29) is 5.78 Å². The summed E-state index contributed by atoms with van der Waals surface area (Å²) in [6, 6.07) is 0. The highest BCUT2D eigenvalue weighted by Crippen LogP contribution is 2.17. The van der Waals surface area contributed by atoms with E-state index in [0.29, 0.717) is 24.5 Å². The second kappa shape index (κ2) is 2.34. The molecule has 1 aromatic rings. The summed E-state index contributed by atoms with van der Waals surface area (Å²) in [5.74, 6) is 1.05. The third-order valence-corrected chi connectivity index (χ3v) is 2.16. The zero-order valence-corrected chi connectivity index (χ0v) is 6.64. The zero-order valence-electron chi connectivity index (χ0n) is 5.88. The molecule has 0 spiro atoms. The lowest BCUT2D eigenvalue weighted by molar-refractivity contribution is -0.119. The molecule has 3 nitrogen and oxygen atoms in total. The number of nitrogens with zero attached hydrogens (tertiary/aromatic N) is 2. The first-order valence-electron chi connectivity index (χ1n) is 3.49. The van der Waals surface area contributed by atoms with E-state index in [0.717, 1.165) is 5.82 Å². The molecule has 0 saturated carbocycles. The molecule has 0 saturated heterocycles. The minimum absolute atomic E-state index is 0.250. The highest BCUT2D eigenvalue weighted by atomic mass is 35.5. The molecule has 0 aromatic carbocycles. The predicted molar refractivity (Wildman–Crippen MR) is 40.6 cm³/mol. The van der Waals surface area contributed by atoms with E-state index in [9.17, 15) is 4.79 Å². The van der Waals surface area contributed by atoms with Crippen molar-refractivity contribution in [1.29, 1.82) is 0 Å². The van der Waals surface area contributed by atoms with Crippen molar-refractivity contribution < 1.29 is 4.79 Å². The summed E-state index contributed by atoms with van der Waals surface area (Å²) in [5.41, 5.74) is 0. The smallest absolute Gasteiger partial charge is 0.142 e. The average Bonchev–Trinajstić information content (AvgIpc) is 2.32. The molecular formula is C7H7ClN2O. The highest BCUT2D eigenvalue weighted by molar-refractivity contribution is 6.29. The maximum atomic E-state index is 10.9. The topological polar surface area (TPSA) is 34.9 Å². The van der Waals surface area contributed by atoms with Crippen LogP contribution in [0, 0.1) is 0 Å². The largest absolute Gasteiger partial charge is 0.318 e. The van der Waals surface area contributed by atoms with Gasteiger partial charge in [-0.2, -0.15) is 0 Å². The first-order chi connectivity index (χ1) is 5.27. The molecule has 4 heteroatoms. The Morgan fingerprint density at radius 3 is 3.27 bits per heavy atom. The van der Waals surface area contributed by atoms with Gasteiger partial charge in [0.1, 0.15) is 16.8 Å². The molecule has 2 heterocycles. The van der Waals surface area contributed by atoms with Crippen LogP contribution in [0.5, 0.6) is 0 Å². The van der Waals surface area contributed by atoms with Gasteiger partial charge < -0.3 is 4.57 Å². The van der Waals surface area contributed by atoms with Gasteiger partial charge in [-0.25, -0.2) is 4.98 Å². The molecular weight excluding hydrogens is 164 g/mol. The molecule has 0 N–H and O–H groups in total. The van der Waals surface area contributed by atoms with Crippen molar-refractivity contribution in [2.24, 2.45) is 0 Å². The third kappa shape index (κ3) is 1.05. The zero-order chi connectivity index (χ0) is 7.84. The fraction of sp³-hybridized carbons (Fsp3) is 0.429. The molecule has 11 heavy (non-hydrogen) atoms. The summed E-state index contributed by atoms with van der Waals surface area (Å²) in [4.78, 5) is 15.0. The van der Waals surface area contributed by atoms with Gasteiger partial charge in [-0.15, -0.1) is 0 Å². The minimum Gasteiger partial charge on any atom is -0.318 e. The lowest BCUT2D eigenvalue weighted by Gasteiger charge is -2.12. The van der Waals surface area contributed by atoms with Crippen molar-refractivity contribution >= 4 is 17.4 Å². The second-order valence-corrected chi connectivity index (χ2v) is 3.00. The summed E-state index contributed by atoms with van der Waals surface area (Å²) >= 11 is 5.79. The van der Waals surface area contributed by atoms with Crippen LogP contribution in [0.1, 0.15) is 12.2 Å². The Hall–Kier alpha value is -0.830. The summed E-state index contributed by atoms with van der Waals surface area (Å²) in [6.45, 7) is 0.688. The normalized spacial score (nSPS) is 16.6. The number of rotatable bonds is 0. The Bertz CT molecular complexity index is 305. The first kappa shape index (κ1) is 6.85. The van der Waals surface area contributed by atoms with Crippen LogP contribution in [0.25, 0.3) is 0 Å². The maximum absolute atomic E-state index is 10.9. The molecule has 2 rings (SSSR count). The maximum Gasteiger partial charge on any atom is 0.142 e. The number of ketones is 1. The molecule has 1 aromatic heterocycles. The predicted octanol–water partition coefficient (Wildman–Crippen LogP) is 1.05. The molecule has 0 fully saturated rings. The van der Waals surface area contributed by atoms with E-state index in [1.807, 2.05) is 4.57 Å². The van der Waals surface area contributed by atoms with E-state index in [2.05, 4.69) is 4.98 Å². The Kier molecular flexibility index (Phi) is 1.46. The number of carbonyl (C=O) groups is 1. The van der Waals surface area contributed by atoms with Crippen LogP contribution in [0.4, 0.5) is 0 Å². The van der Waals surface area contributed by atoms with Crippen molar-refractivity contribution in [3.05, 3.63) is 17.2 Å². The standard InChI is InChI=1S/C7H7ClN2O/c8-6-4-9-7-3-5(11)1-2-10(6)7/h4H,1-3H2. The number of hydrogen-bond acceptors (Lipinski definition) is 2. The van der Waals surface area contributed by atoms with E-state index in [4.69, 9.17) is 11.6 Å². The molecule has 0 unspecified atom stereocenters. The van der Waals surface area contributed by atoms with Crippen LogP contribution < -0.4 is 0 Å². The highest BCUT2D eigenvalue weighted by Gasteiger charge is 2.17. The number of imidazole rings is 1. The molecule has 0 aliphatic carbocycles. The number of halogens is 1. The number of carbonyl (C=O) groups excluding carboxylic acids is 1. The van der Waals surface area contributed by atoms with Crippen molar-refractivity contribution in [2.75, 3.05) is 0 Å². The molecule has 1 aliphatic heterocycles. The molecule has 1 aliphatic rings. The fourth-order valence-corrected chi connectivity index (χ4v) is 1.50. The average molecular weight is 171 g/mol. The molecule has 58 valence electrons. The van der Waals surface area contributed by atoms with Crippen molar-refractivity contribution in [3.63, 3.8) is 0 Å². The fourth-order valence-electron chi connectivity index (χ4n) is 1.27.